The Morgan fingerprint density at radius 1 is 0.950 bits per heavy atom. The minimum Gasteiger partial charge on any atom is -0.444 e. The second kappa shape index (κ2) is 12.4. The van der Waals surface area contributed by atoms with E-state index in [1.165, 1.54) is 0 Å². The first-order valence-electron chi connectivity index (χ1n) is 13.3. The van der Waals surface area contributed by atoms with Crippen LogP contribution in [-0.4, -0.2) is 41.3 Å². The summed E-state index contributed by atoms with van der Waals surface area (Å²) in [5.74, 6) is -1.16. The highest BCUT2D eigenvalue weighted by molar-refractivity contribution is 7.97. The maximum atomic E-state index is 14.6. The molecule has 2 unspecified atom stereocenters. The van der Waals surface area contributed by atoms with Crippen LogP contribution in [-0.2, 0) is 14.3 Å². The van der Waals surface area contributed by atoms with Gasteiger partial charge in [0.2, 0.25) is 5.91 Å². The molecule has 2 amide bonds. The average Bonchev–Trinajstić information content (AvgIpc) is 3.35. The van der Waals surface area contributed by atoms with Gasteiger partial charge in [-0.25, -0.2) is 4.79 Å². The van der Waals surface area contributed by atoms with Crippen LogP contribution >= 0.6 is 6.89 Å². The first-order valence-corrected chi connectivity index (χ1v) is 15.1. The van der Waals surface area contributed by atoms with Gasteiger partial charge in [-0.15, -0.1) is 0 Å². The maximum absolute atomic E-state index is 14.6. The van der Waals surface area contributed by atoms with Gasteiger partial charge in [-0.1, -0.05) is 91.0 Å². The molecule has 0 saturated carbocycles. The molecular weight excluding hydrogens is 521 g/mol. The second-order valence-electron chi connectivity index (χ2n) is 10.7. The highest BCUT2D eigenvalue weighted by Gasteiger charge is 2.39. The molecule has 3 aromatic rings. The Morgan fingerprint density at radius 2 is 1.43 bits per heavy atom. The van der Waals surface area contributed by atoms with Crippen molar-refractivity contribution in [3.63, 3.8) is 0 Å². The smallest absolute Gasteiger partial charge is 0.408 e. The summed E-state index contributed by atoms with van der Waals surface area (Å²) >= 11 is 0. The molecule has 0 aromatic heterocycles. The lowest BCUT2D eigenvalue weighted by molar-refractivity contribution is -0.123. The Kier molecular flexibility index (Phi) is 8.92. The number of rotatable bonds is 8. The highest BCUT2D eigenvalue weighted by atomic mass is 31.2. The lowest BCUT2D eigenvalue weighted by atomic mass is 9.95. The number of ketones is 1. The Bertz CT molecular complexity index is 1360. The van der Waals surface area contributed by atoms with Gasteiger partial charge in [0.1, 0.15) is 17.0 Å². The number of carbonyl (C=O) groups excluding carboxylic acids is 3. The van der Waals surface area contributed by atoms with Crippen molar-refractivity contribution in [2.24, 2.45) is 5.92 Å². The predicted molar refractivity (Wildman–Crippen MR) is 160 cm³/mol. The van der Waals surface area contributed by atoms with E-state index in [0.717, 1.165) is 15.9 Å². The summed E-state index contributed by atoms with van der Waals surface area (Å²) in [6.45, 7) is 2.70. The first kappa shape index (κ1) is 28.9. The monoisotopic (exact) mass is 555 g/mol. The number of benzene rings is 3. The summed E-state index contributed by atoms with van der Waals surface area (Å²) in [4.78, 5) is 40.0. The van der Waals surface area contributed by atoms with Gasteiger partial charge in [0.15, 0.2) is 5.78 Å². The molecule has 1 saturated heterocycles. The average molecular weight is 556 g/mol. The van der Waals surface area contributed by atoms with Crippen molar-refractivity contribution in [1.29, 1.82) is 5.26 Å². The van der Waals surface area contributed by atoms with Crippen LogP contribution in [0.3, 0.4) is 0 Å². The summed E-state index contributed by atoms with van der Waals surface area (Å²) in [5, 5.41) is 18.9. The lowest BCUT2D eigenvalue weighted by Gasteiger charge is -2.31. The van der Waals surface area contributed by atoms with E-state index >= 15 is 0 Å². The fourth-order valence-corrected chi connectivity index (χ4v) is 9.25. The van der Waals surface area contributed by atoms with Crippen LogP contribution in [0.25, 0.3) is 0 Å². The molecule has 40 heavy (non-hydrogen) atoms. The molecule has 4 rings (SSSR count). The first-order chi connectivity index (χ1) is 19.2. The van der Waals surface area contributed by atoms with Crippen molar-refractivity contribution >= 4 is 45.9 Å². The number of alkyl carbamates (subject to hydrolysis) is 1. The van der Waals surface area contributed by atoms with Gasteiger partial charge in [-0.05, 0) is 56.4 Å². The molecule has 7 nitrogen and oxygen atoms in total. The molecule has 206 valence electrons. The predicted octanol–water partition coefficient (Wildman–Crippen LogP) is 3.67. The van der Waals surface area contributed by atoms with Crippen LogP contribution in [0.15, 0.2) is 91.0 Å². The largest absolute Gasteiger partial charge is 0.444 e. The summed E-state index contributed by atoms with van der Waals surface area (Å²) in [6.07, 6.45) is -0.172. The van der Waals surface area contributed by atoms with Crippen LogP contribution in [0.1, 0.15) is 33.6 Å². The molecule has 0 spiro atoms. The number of carbonyl (C=O) groups is 3. The van der Waals surface area contributed by atoms with Gasteiger partial charge < -0.3 is 15.4 Å². The molecule has 2 N–H and O–H groups in total. The topological polar surface area (TPSA) is 108 Å². The van der Waals surface area contributed by atoms with Gasteiger partial charge in [0.05, 0.1) is 6.04 Å². The van der Waals surface area contributed by atoms with Crippen molar-refractivity contribution in [1.82, 2.24) is 10.6 Å². The standard InChI is InChI=1S/C32H34N3O4P/c1-32(2,3)39-31(38)35-27(21-23-19-20-34-30(23)37)29(36)28(22-33)40(24-13-7-4-8-14-24,25-15-9-5-10-16-25)26-17-11-6-12-18-26/h4-18,23,27H,19-21H2,1-3H3,(H,34,37)(H,35,38). The second-order valence-corrected chi connectivity index (χ2v) is 14.1. The molecule has 2 atom stereocenters. The third-order valence-electron chi connectivity index (χ3n) is 6.80. The van der Waals surface area contributed by atoms with Crippen LogP contribution in [0.5, 0.6) is 0 Å². The van der Waals surface area contributed by atoms with E-state index in [1.807, 2.05) is 91.0 Å². The maximum Gasteiger partial charge on any atom is 0.408 e. The number of nitriles is 1. The van der Waals surface area contributed by atoms with Crippen LogP contribution in [0.4, 0.5) is 4.79 Å². The number of nitrogens with zero attached hydrogens (tertiary/aromatic N) is 1. The number of amides is 2. The molecule has 0 radical (unpaired) electrons. The zero-order chi connectivity index (χ0) is 28.8. The molecule has 1 aliphatic heterocycles. The van der Waals surface area contributed by atoms with E-state index in [2.05, 4.69) is 16.7 Å². The quantitative estimate of drug-likeness (QED) is 0.413. The zero-order valence-corrected chi connectivity index (χ0v) is 23.9. The number of nitrogens with one attached hydrogen (secondary N) is 2. The Balaban J connectivity index is 1.99. The van der Waals surface area contributed by atoms with Gasteiger partial charge in [0.25, 0.3) is 0 Å². The minimum atomic E-state index is -3.00. The number of hydrogen-bond acceptors (Lipinski definition) is 5. The Hall–Kier alpha value is -4.14. The number of hydrogen-bond donors (Lipinski definition) is 2. The van der Waals surface area contributed by atoms with Gasteiger partial charge in [0, 0.05) is 12.5 Å². The van der Waals surface area contributed by atoms with E-state index in [9.17, 15) is 19.6 Å². The van der Waals surface area contributed by atoms with Gasteiger partial charge >= 0.3 is 6.09 Å². The molecular formula is C32H34N3O4P. The minimum absolute atomic E-state index is 0.0514. The van der Waals surface area contributed by atoms with Crippen molar-refractivity contribution in [3.05, 3.63) is 91.0 Å². The van der Waals surface area contributed by atoms with Crippen molar-refractivity contribution in [3.8, 4) is 6.07 Å². The van der Waals surface area contributed by atoms with E-state index in [4.69, 9.17) is 4.74 Å². The molecule has 8 heteroatoms. The molecule has 0 aliphatic carbocycles. The van der Waals surface area contributed by atoms with Crippen molar-refractivity contribution < 1.29 is 19.1 Å². The molecule has 1 aliphatic rings. The molecule has 1 fully saturated rings. The van der Waals surface area contributed by atoms with Crippen LogP contribution in [0.2, 0.25) is 0 Å². The summed E-state index contributed by atoms with van der Waals surface area (Å²) < 4.78 is 5.48. The van der Waals surface area contributed by atoms with E-state index in [-0.39, 0.29) is 17.6 Å². The highest BCUT2D eigenvalue weighted by Crippen LogP contribution is 2.46. The third kappa shape index (κ3) is 6.19. The van der Waals surface area contributed by atoms with Crippen LogP contribution < -0.4 is 26.5 Å². The fraction of sp³-hybridized carbons (Fsp3) is 0.281. The molecule has 0 bridgehead atoms. The zero-order valence-electron chi connectivity index (χ0n) is 23.0. The van der Waals surface area contributed by atoms with Gasteiger partial charge in [-0.2, -0.15) is 5.26 Å². The summed E-state index contributed by atoms with van der Waals surface area (Å²) in [7, 11) is 0. The normalized spacial score (nSPS) is 15.8. The number of Topliss-reactive ketones (excluding diaryl/α,β-unsaturated/α-hetero) is 1. The third-order valence-corrected chi connectivity index (χ3v) is 11.0. The van der Waals surface area contributed by atoms with Crippen molar-refractivity contribution in [2.45, 2.75) is 45.3 Å². The Labute approximate surface area is 235 Å². The summed E-state index contributed by atoms with van der Waals surface area (Å²) in [5.41, 5.74) is -0.793. The van der Waals surface area contributed by atoms with E-state index in [0.29, 0.717) is 13.0 Å². The SMILES string of the molecule is CC(C)(C)OC(=O)NC(CC1CCNC1=O)C(=O)C(C#N)=P(c1ccccc1)(c1ccccc1)c1ccccc1. The van der Waals surface area contributed by atoms with E-state index < -0.39 is 36.3 Å². The Morgan fingerprint density at radius 3 is 1.80 bits per heavy atom. The van der Waals surface area contributed by atoms with Gasteiger partial charge in [-0.3, -0.25) is 9.59 Å². The van der Waals surface area contributed by atoms with E-state index in [1.54, 1.807) is 20.8 Å². The van der Waals surface area contributed by atoms with Crippen molar-refractivity contribution in [2.75, 3.05) is 6.54 Å². The molecule has 1 heterocycles. The fourth-order valence-electron chi connectivity index (χ4n) is 5.09. The summed E-state index contributed by atoms with van der Waals surface area (Å²) in [6, 6.07) is 29.9. The lowest BCUT2D eigenvalue weighted by Crippen LogP contribution is -2.48. The van der Waals surface area contributed by atoms with Crippen LogP contribution in [0, 0.1) is 17.2 Å². The molecule has 3 aromatic carbocycles. The number of ether oxygens (including phenoxy) is 1.